The Bertz CT molecular complexity index is 895. The molecule has 0 spiro atoms. The Kier molecular flexibility index (Phi) is 5.41. The van der Waals surface area contributed by atoms with Crippen LogP contribution in [-0.4, -0.2) is 32.4 Å². The van der Waals surface area contributed by atoms with Gasteiger partial charge >= 0.3 is 0 Å². The molecule has 1 atom stereocenters. The molecular weight excluding hydrogens is 443 g/mol. The molecule has 1 aliphatic rings. The molecule has 0 bridgehead atoms. The zero-order valence-electron chi connectivity index (χ0n) is 14.7. The molecule has 0 saturated heterocycles. The molecule has 3 rings (SSSR count). The van der Waals surface area contributed by atoms with Crippen LogP contribution in [-0.2, 0) is 24.3 Å². The molecule has 1 aromatic carbocycles. The number of nitrogens with zero attached hydrogens (tertiary/aromatic N) is 4. The van der Waals surface area contributed by atoms with Gasteiger partial charge in [-0.1, -0.05) is 31.2 Å². The fourth-order valence-corrected chi connectivity index (χ4v) is 4.27. The fraction of sp³-hybridized carbons (Fsp3) is 0.368. The highest BCUT2D eigenvalue weighted by atomic mass is 127. The van der Waals surface area contributed by atoms with Crippen LogP contribution in [0.25, 0.3) is 4.85 Å². The molecule has 0 fully saturated rings. The van der Waals surface area contributed by atoms with E-state index in [0.717, 1.165) is 17.7 Å². The highest BCUT2D eigenvalue weighted by Crippen LogP contribution is 2.27. The maximum atomic E-state index is 12.9. The minimum absolute atomic E-state index is 0.0206. The molecule has 0 N–H and O–H groups in total. The van der Waals surface area contributed by atoms with Crippen LogP contribution in [0.4, 0.5) is 5.69 Å². The molecule has 1 amide bonds. The Labute approximate surface area is 166 Å². The number of aromatic nitrogens is 2. The van der Waals surface area contributed by atoms with Crippen LogP contribution < -0.4 is 0 Å². The summed E-state index contributed by atoms with van der Waals surface area (Å²) in [6.45, 7) is 11.6. The van der Waals surface area contributed by atoms with E-state index in [1.54, 1.807) is 12.1 Å². The van der Waals surface area contributed by atoms with Crippen molar-refractivity contribution in [3.05, 3.63) is 56.2 Å². The van der Waals surface area contributed by atoms with Gasteiger partial charge in [0.05, 0.1) is 43.4 Å². The summed E-state index contributed by atoms with van der Waals surface area (Å²) in [5, 5.41) is 4.48. The summed E-state index contributed by atoms with van der Waals surface area (Å²) in [6.07, 6.45) is 1.11. The number of ketones is 1. The molecule has 2 aromatic rings. The van der Waals surface area contributed by atoms with E-state index in [9.17, 15) is 9.59 Å². The maximum absolute atomic E-state index is 12.9. The Balaban J connectivity index is 1.85. The molecule has 134 valence electrons. The minimum atomic E-state index is -0.0206. The monoisotopic (exact) mass is 462 g/mol. The number of benzene rings is 1. The summed E-state index contributed by atoms with van der Waals surface area (Å²) in [4.78, 5) is 30.2. The first-order valence-electron chi connectivity index (χ1n) is 8.46. The van der Waals surface area contributed by atoms with Crippen LogP contribution in [0, 0.1) is 10.3 Å². The third kappa shape index (κ3) is 3.51. The molecule has 1 aromatic heterocycles. The first-order valence-corrected chi connectivity index (χ1v) is 9.54. The highest BCUT2D eigenvalue weighted by Gasteiger charge is 2.33. The lowest BCUT2D eigenvalue weighted by atomic mass is 10.0. The third-order valence-electron chi connectivity index (χ3n) is 4.72. The molecule has 26 heavy (non-hydrogen) atoms. The summed E-state index contributed by atoms with van der Waals surface area (Å²) in [5.41, 5.74) is 2.90. The quantitative estimate of drug-likeness (QED) is 0.397. The first kappa shape index (κ1) is 18.6. The summed E-state index contributed by atoms with van der Waals surface area (Å²) in [6, 6.07) is 7.17. The molecule has 0 saturated carbocycles. The van der Waals surface area contributed by atoms with E-state index in [2.05, 4.69) is 39.5 Å². The van der Waals surface area contributed by atoms with Crippen molar-refractivity contribution >= 4 is 40.0 Å². The second-order valence-electron chi connectivity index (χ2n) is 6.39. The Morgan fingerprint density at radius 2 is 2.04 bits per heavy atom. The van der Waals surface area contributed by atoms with Crippen molar-refractivity contribution in [2.75, 3.05) is 0 Å². The second kappa shape index (κ2) is 7.58. The summed E-state index contributed by atoms with van der Waals surface area (Å²) in [5.74, 6) is 0.0112. The van der Waals surface area contributed by atoms with E-state index >= 15 is 0 Å². The lowest BCUT2D eigenvalue weighted by Gasteiger charge is -2.36. The van der Waals surface area contributed by atoms with Crippen molar-refractivity contribution in [2.24, 2.45) is 0 Å². The van der Waals surface area contributed by atoms with Gasteiger partial charge in [-0.2, -0.15) is 5.10 Å². The lowest BCUT2D eigenvalue weighted by molar-refractivity contribution is -0.135. The molecule has 0 aliphatic carbocycles. The number of hydrogen-bond acceptors (Lipinski definition) is 3. The van der Waals surface area contributed by atoms with Crippen molar-refractivity contribution in [1.82, 2.24) is 14.7 Å². The molecule has 6 nitrogen and oxygen atoms in total. The second-order valence-corrected chi connectivity index (χ2v) is 7.41. The number of halogens is 1. The van der Waals surface area contributed by atoms with Gasteiger partial charge < -0.3 is 4.90 Å². The summed E-state index contributed by atoms with van der Waals surface area (Å²) < 4.78 is 2.57. The van der Waals surface area contributed by atoms with Gasteiger partial charge in [0.25, 0.3) is 0 Å². The molecular formula is C19H19IN4O2. The molecule has 1 aliphatic heterocycles. The number of rotatable bonds is 4. The number of fused-ring (bicyclic) bond motifs is 1. The first-order chi connectivity index (χ1) is 12.4. The van der Waals surface area contributed by atoms with Gasteiger partial charge in [0.15, 0.2) is 11.5 Å². The van der Waals surface area contributed by atoms with E-state index < -0.39 is 0 Å². The van der Waals surface area contributed by atoms with Gasteiger partial charge in [-0.05, 0) is 41.5 Å². The van der Waals surface area contributed by atoms with Crippen molar-refractivity contribution in [1.29, 1.82) is 0 Å². The van der Waals surface area contributed by atoms with Gasteiger partial charge in [0.2, 0.25) is 5.91 Å². The van der Waals surface area contributed by atoms with Crippen molar-refractivity contribution in [3.8, 4) is 0 Å². The van der Waals surface area contributed by atoms with Crippen molar-refractivity contribution < 1.29 is 9.59 Å². The summed E-state index contributed by atoms with van der Waals surface area (Å²) >= 11 is 2.08. The largest absolute Gasteiger partial charge is 0.332 e. The fourth-order valence-electron chi connectivity index (χ4n) is 3.32. The topological polar surface area (TPSA) is 59.6 Å². The highest BCUT2D eigenvalue weighted by molar-refractivity contribution is 14.1. The molecule has 2 heterocycles. The SMILES string of the molecule is [C-]#[N+]c1ccc(CC(=O)N2Cc3c(C(C)=O)c(I)nn3CC2CC)cc1. The third-order valence-corrected chi connectivity index (χ3v) is 5.48. The van der Waals surface area contributed by atoms with E-state index in [1.807, 2.05) is 21.7 Å². The average Bonchev–Trinajstić information content (AvgIpc) is 2.95. The zero-order chi connectivity index (χ0) is 18.8. The van der Waals surface area contributed by atoms with Crippen LogP contribution in [0.15, 0.2) is 24.3 Å². The van der Waals surface area contributed by atoms with Crippen LogP contribution >= 0.6 is 22.6 Å². The van der Waals surface area contributed by atoms with Gasteiger partial charge in [-0.3, -0.25) is 14.3 Å². The standard InChI is InChI=1S/C19H19IN4O2/c1-4-15-10-24-16(18(12(2)25)19(20)22-24)11-23(15)17(26)9-13-5-7-14(21-3)8-6-13/h5-8,15H,4,9-11H2,1-2H3. The summed E-state index contributed by atoms with van der Waals surface area (Å²) in [7, 11) is 0. The molecule has 7 heteroatoms. The Morgan fingerprint density at radius 3 is 2.62 bits per heavy atom. The number of amides is 1. The minimum Gasteiger partial charge on any atom is -0.332 e. The van der Waals surface area contributed by atoms with Crippen molar-refractivity contribution in [3.63, 3.8) is 0 Å². The van der Waals surface area contributed by atoms with Gasteiger partial charge in [0.1, 0.15) is 3.70 Å². The average molecular weight is 462 g/mol. The van der Waals surface area contributed by atoms with Crippen molar-refractivity contribution in [2.45, 2.75) is 45.8 Å². The molecule has 0 radical (unpaired) electrons. The van der Waals surface area contributed by atoms with Gasteiger partial charge in [0, 0.05) is 0 Å². The van der Waals surface area contributed by atoms with E-state index in [1.165, 1.54) is 6.92 Å². The normalized spacial score (nSPS) is 16.1. The van der Waals surface area contributed by atoms with Crippen LogP contribution in [0.1, 0.15) is 41.9 Å². The van der Waals surface area contributed by atoms with E-state index in [4.69, 9.17) is 6.57 Å². The van der Waals surface area contributed by atoms with Crippen LogP contribution in [0.5, 0.6) is 0 Å². The van der Waals surface area contributed by atoms with E-state index in [0.29, 0.717) is 28.0 Å². The predicted octanol–water partition coefficient (Wildman–Crippen LogP) is 3.60. The number of carbonyl (C=O) groups is 2. The smallest absolute Gasteiger partial charge is 0.227 e. The number of Topliss-reactive ketones (excluding diaryl/α,β-unsaturated/α-hetero) is 1. The van der Waals surface area contributed by atoms with Crippen LogP contribution in [0.2, 0.25) is 0 Å². The van der Waals surface area contributed by atoms with Crippen LogP contribution in [0.3, 0.4) is 0 Å². The molecule has 1 unspecified atom stereocenters. The van der Waals surface area contributed by atoms with Gasteiger partial charge in [-0.25, -0.2) is 4.85 Å². The number of carbonyl (C=O) groups excluding carboxylic acids is 2. The van der Waals surface area contributed by atoms with Gasteiger partial charge in [-0.15, -0.1) is 0 Å². The Morgan fingerprint density at radius 1 is 1.35 bits per heavy atom. The van der Waals surface area contributed by atoms with E-state index in [-0.39, 0.29) is 24.2 Å². The zero-order valence-corrected chi connectivity index (χ0v) is 16.9. The lowest BCUT2D eigenvalue weighted by Crippen LogP contribution is -2.47. The number of hydrogen-bond donors (Lipinski definition) is 0. The maximum Gasteiger partial charge on any atom is 0.227 e. The predicted molar refractivity (Wildman–Crippen MR) is 106 cm³/mol. The Hall–Kier alpha value is -2.21.